The van der Waals surface area contributed by atoms with Crippen LogP contribution in [0.3, 0.4) is 0 Å². The second kappa shape index (κ2) is 6.20. The van der Waals surface area contributed by atoms with Gasteiger partial charge < -0.3 is 15.4 Å². The van der Waals surface area contributed by atoms with Gasteiger partial charge in [-0.1, -0.05) is 0 Å². The number of carbonyl (C=O) groups is 1. The number of rotatable bonds is 5. The van der Waals surface area contributed by atoms with E-state index in [4.69, 9.17) is 10.5 Å². The first-order valence-corrected chi connectivity index (χ1v) is 5.43. The van der Waals surface area contributed by atoms with E-state index in [2.05, 4.69) is 0 Å². The van der Waals surface area contributed by atoms with E-state index in [1.54, 1.807) is 12.0 Å². The molecule has 0 aliphatic heterocycles. The summed E-state index contributed by atoms with van der Waals surface area (Å²) in [4.78, 5) is 13.6. The molecule has 0 aliphatic carbocycles. The zero-order valence-corrected chi connectivity index (χ0v) is 10.1. The van der Waals surface area contributed by atoms with E-state index in [1.807, 2.05) is 6.92 Å². The maximum atomic E-state index is 13.2. The lowest BCUT2D eigenvalue weighted by molar-refractivity contribution is 0.0706. The Bertz CT molecular complexity index is 396. The van der Waals surface area contributed by atoms with Gasteiger partial charge in [-0.3, -0.25) is 4.79 Å². The van der Waals surface area contributed by atoms with Crippen LogP contribution in [0.5, 0.6) is 0 Å². The van der Waals surface area contributed by atoms with E-state index in [0.717, 1.165) is 6.07 Å². The third-order valence-electron chi connectivity index (χ3n) is 2.48. The van der Waals surface area contributed by atoms with Crippen molar-refractivity contribution in [3.63, 3.8) is 0 Å². The topological polar surface area (TPSA) is 55.6 Å². The van der Waals surface area contributed by atoms with Gasteiger partial charge in [-0.2, -0.15) is 0 Å². The highest BCUT2D eigenvalue weighted by Crippen LogP contribution is 2.13. The Labute approximate surface area is 100 Å². The molecule has 0 saturated heterocycles. The zero-order valence-electron chi connectivity index (χ0n) is 10.1. The molecule has 1 rings (SSSR count). The number of nitrogens with zero attached hydrogens (tertiary/aromatic N) is 1. The van der Waals surface area contributed by atoms with Crippen molar-refractivity contribution in [3.05, 3.63) is 29.6 Å². The normalized spacial score (nSPS) is 10.3. The number of nitrogen functional groups attached to an aromatic ring is 1. The molecule has 0 aliphatic rings. The minimum Gasteiger partial charge on any atom is -0.396 e. The lowest BCUT2D eigenvalue weighted by atomic mass is 10.1. The molecular weight excluding hydrogens is 223 g/mol. The van der Waals surface area contributed by atoms with Gasteiger partial charge in [0.25, 0.3) is 5.91 Å². The fourth-order valence-electron chi connectivity index (χ4n) is 1.45. The van der Waals surface area contributed by atoms with Gasteiger partial charge in [0.05, 0.1) is 12.3 Å². The molecular formula is C12H17FN2O2. The Hall–Kier alpha value is -1.62. The molecule has 1 amide bonds. The Balaban J connectivity index is 2.82. The van der Waals surface area contributed by atoms with Crippen molar-refractivity contribution in [1.29, 1.82) is 0 Å². The van der Waals surface area contributed by atoms with Crippen LogP contribution in [0.4, 0.5) is 10.1 Å². The fraction of sp³-hybridized carbons (Fsp3) is 0.417. The van der Waals surface area contributed by atoms with Crippen LogP contribution < -0.4 is 5.73 Å². The molecule has 0 bridgehead atoms. The summed E-state index contributed by atoms with van der Waals surface area (Å²) >= 11 is 0. The number of nitrogens with two attached hydrogens (primary N) is 1. The van der Waals surface area contributed by atoms with Crippen LogP contribution in [-0.4, -0.2) is 37.6 Å². The number of amides is 1. The minimum absolute atomic E-state index is 0.0430. The van der Waals surface area contributed by atoms with Crippen molar-refractivity contribution in [1.82, 2.24) is 4.90 Å². The Morgan fingerprint density at radius 2 is 2.24 bits per heavy atom. The van der Waals surface area contributed by atoms with Gasteiger partial charge in [-0.05, 0) is 25.1 Å². The molecule has 0 heterocycles. The highest BCUT2D eigenvalue weighted by atomic mass is 19.1. The summed E-state index contributed by atoms with van der Waals surface area (Å²) in [6.07, 6.45) is 0. The molecule has 5 heteroatoms. The van der Waals surface area contributed by atoms with Crippen LogP contribution in [0.2, 0.25) is 0 Å². The van der Waals surface area contributed by atoms with E-state index in [-0.39, 0.29) is 11.6 Å². The molecule has 0 spiro atoms. The Morgan fingerprint density at radius 1 is 1.53 bits per heavy atom. The van der Waals surface area contributed by atoms with Crippen LogP contribution >= 0.6 is 0 Å². The number of likely N-dealkylation sites (N-methyl/N-ethyl adjacent to an activating group) is 1. The second-order valence-corrected chi connectivity index (χ2v) is 3.61. The minimum atomic E-state index is -0.571. The smallest absolute Gasteiger partial charge is 0.254 e. The van der Waals surface area contributed by atoms with E-state index >= 15 is 0 Å². The van der Waals surface area contributed by atoms with Gasteiger partial charge >= 0.3 is 0 Å². The molecule has 2 N–H and O–H groups in total. The molecule has 0 fully saturated rings. The molecule has 0 radical (unpaired) electrons. The summed E-state index contributed by atoms with van der Waals surface area (Å²) in [5.41, 5.74) is 5.70. The molecule has 17 heavy (non-hydrogen) atoms. The van der Waals surface area contributed by atoms with Crippen LogP contribution in [0.15, 0.2) is 18.2 Å². The van der Waals surface area contributed by atoms with Crippen molar-refractivity contribution in [3.8, 4) is 0 Å². The summed E-state index contributed by atoms with van der Waals surface area (Å²) in [7, 11) is 1.57. The predicted octanol–water partition coefficient (Wildman–Crippen LogP) is 1.52. The van der Waals surface area contributed by atoms with E-state index in [9.17, 15) is 9.18 Å². The van der Waals surface area contributed by atoms with Crippen LogP contribution in [0.25, 0.3) is 0 Å². The van der Waals surface area contributed by atoms with Crippen molar-refractivity contribution in [2.24, 2.45) is 0 Å². The first-order chi connectivity index (χ1) is 8.10. The fourth-order valence-corrected chi connectivity index (χ4v) is 1.45. The summed E-state index contributed by atoms with van der Waals surface area (Å²) in [6.45, 7) is 3.35. The monoisotopic (exact) mass is 240 g/mol. The zero-order chi connectivity index (χ0) is 12.8. The summed E-state index contributed by atoms with van der Waals surface area (Å²) in [6, 6.07) is 4.08. The molecule has 1 aromatic carbocycles. The number of halogens is 1. The molecule has 0 saturated carbocycles. The average Bonchev–Trinajstić information content (AvgIpc) is 2.33. The summed E-state index contributed by atoms with van der Waals surface area (Å²) in [5, 5.41) is 0. The highest BCUT2D eigenvalue weighted by molar-refractivity contribution is 5.94. The largest absolute Gasteiger partial charge is 0.396 e. The number of anilines is 1. The van der Waals surface area contributed by atoms with Gasteiger partial charge in [0.15, 0.2) is 0 Å². The first-order valence-electron chi connectivity index (χ1n) is 5.43. The highest BCUT2D eigenvalue weighted by Gasteiger charge is 2.14. The first kappa shape index (κ1) is 13.4. The molecule has 94 valence electrons. The molecule has 0 aromatic heterocycles. The van der Waals surface area contributed by atoms with E-state index in [1.165, 1.54) is 12.1 Å². The summed E-state index contributed by atoms with van der Waals surface area (Å²) in [5.74, 6) is -0.790. The number of methoxy groups -OCH3 is 1. The number of hydrogen-bond acceptors (Lipinski definition) is 3. The SMILES string of the molecule is CCN(CCOC)C(=O)c1ccc(N)c(F)c1. The van der Waals surface area contributed by atoms with Crippen molar-refractivity contribution in [2.45, 2.75) is 6.92 Å². The Morgan fingerprint density at radius 3 is 2.76 bits per heavy atom. The van der Waals surface area contributed by atoms with Gasteiger partial charge in [0.2, 0.25) is 0 Å². The average molecular weight is 240 g/mol. The molecule has 0 atom stereocenters. The van der Waals surface area contributed by atoms with Crippen LogP contribution in [-0.2, 0) is 4.74 Å². The van der Waals surface area contributed by atoms with Gasteiger partial charge in [-0.25, -0.2) is 4.39 Å². The van der Waals surface area contributed by atoms with Crippen LogP contribution in [0.1, 0.15) is 17.3 Å². The van der Waals surface area contributed by atoms with Crippen molar-refractivity contribution >= 4 is 11.6 Å². The number of hydrogen-bond donors (Lipinski definition) is 1. The van der Waals surface area contributed by atoms with Gasteiger partial charge in [0, 0.05) is 25.8 Å². The third kappa shape index (κ3) is 3.42. The number of benzene rings is 1. The van der Waals surface area contributed by atoms with Crippen LogP contribution in [0, 0.1) is 5.82 Å². The lowest BCUT2D eigenvalue weighted by Gasteiger charge is -2.20. The van der Waals surface area contributed by atoms with E-state index < -0.39 is 5.82 Å². The predicted molar refractivity (Wildman–Crippen MR) is 64.3 cm³/mol. The number of carbonyl (C=O) groups excluding carboxylic acids is 1. The maximum Gasteiger partial charge on any atom is 0.254 e. The maximum absolute atomic E-state index is 13.2. The second-order valence-electron chi connectivity index (χ2n) is 3.61. The molecule has 1 aromatic rings. The van der Waals surface area contributed by atoms with Crippen molar-refractivity contribution in [2.75, 3.05) is 32.5 Å². The standard InChI is InChI=1S/C12H17FN2O2/c1-3-15(6-7-17-2)12(16)9-4-5-11(14)10(13)8-9/h4-5,8H,3,6-7,14H2,1-2H3. The van der Waals surface area contributed by atoms with Gasteiger partial charge in [0.1, 0.15) is 5.82 Å². The third-order valence-corrected chi connectivity index (χ3v) is 2.48. The molecule has 0 unspecified atom stereocenters. The molecule has 4 nitrogen and oxygen atoms in total. The van der Waals surface area contributed by atoms with Crippen molar-refractivity contribution < 1.29 is 13.9 Å². The van der Waals surface area contributed by atoms with Gasteiger partial charge in [-0.15, -0.1) is 0 Å². The van der Waals surface area contributed by atoms with E-state index in [0.29, 0.717) is 25.3 Å². The number of ether oxygens (including phenoxy) is 1. The summed E-state index contributed by atoms with van der Waals surface area (Å²) < 4.78 is 18.2. The Kier molecular flexibility index (Phi) is 4.90. The lowest BCUT2D eigenvalue weighted by Crippen LogP contribution is -2.33. The quantitative estimate of drug-likeness (QED) is 0.794.